The Morgan fingerprint density at radius 3 is 3.17 bits per heavy atom. The van der Waals surface area contributed by atoms with Crippen LogP contribution in [0.25, 0.3) is 0 Å². The number of hydrogen-bond acceptors (Lipinski definition) is 3. The zero-order valence-electron chi connectivity index (χ0n) is 6.86. The van der Waals surface area contributed by atoms with Gasteiger partial charge in [0.05, 0.1) is 0 Å². The fraction of sp³-hybridized carbons (Fsp3) is 0.444. The number of nitrogen functional groups attached to an aromatic ring is 1. The summed E-state index contributed by atoms with van der Waals surface area (Å²) >= 11 is 1.99. The highest BCUT2D eigenvalue weighted by Crippen LogP contribution is 2.41. The van der Waals surface area contributed by atoms with Crippen LogP contribution in [0.3, 0.4) is 0 Å². The fourth-order valence-corrected chi connectivity index (χ4v) is 2.86. The molecule has 0 radical (unpaired) electrons. The first-order chi connectivity index (χ1) is 5.88. The van der Waals surface area contributed by atoms with Gasteiger partial charge in [-0.2, -0.15) is 11.8 Å². The third-order valence-corrected chi connectivity index (χ3v) is 3.56. The molecule has 1 atom stereocenters. The quantitative estimate of drug-likeness (QED) is 0.720. The summed E-state index contributed by atoms with van der Waals surface area (Å²) < 4.78 is 0. The second kappa shape index (κ2) is 3.35. The SMILES string of the molecule is Nc1ncccc1C1CCCS1. The smallest absolute Gasteiger partial charge is 0.127 e. The van der Waals surface area contributed by atoms with Gasteiger partial charge in [0.1, 0.15) is 5.82 Å². The van der Waals surface area contributed by atoms with Crippen LogP contribution in [0.1, 0.15) is 23.7 Å². The van der Waals surface area contributed by atoms with E-state index in [1.54, 1.807) is 6.20 Å². The van der Waals surface area contributed by atoms with Crippen molar-refractivity contribution in [1.82, 2.24) is 4.98 Å². The van der Waals surface area contributed by atoms with Gasteiger partial charge in [0.15, 0.2) is 0 Å². The van der Waals surface area contributed by atoms with E-state index in [0.717, 1.165) is 0 Å². The normalized spacial score (nSPS) is 22.8. The van der Waals surface area contributed by atoms with E-state index >= 15 is 0 Å². The lowest BCUT2D eigenvalue weighted by molar-refractivity contribution is 0.828. The number of rotatable bonds is 1. The Balaban J connectivity index is 2.26. The molecule has 2 N–H and O–H groups in total. The van der Waals surface area contributed by atoms with E-state index in [-0.39, 0.29) is 0 Å². The molecule has 0 aliphatic carbocycles. The van der Waals surface area contributed by atoms with Crippen LogP contribution in [0.4, 0.5) is 5.82 Å². The molecule has 1 aromatic rings. The maximum atomic E-state index is 5.78. The number of anilines is 1. The molecule has 0 saturated carbocycles. The van der Waals surface area contributed by atoms with E-state index in [0.29, 0.717) is 11.1 Å². The Kier molecular flexibility index (Phi) is 2.21. The Hall–Kier alpha value is -0.700. The highest BCUT2D eigenvalue weighted by molar-refractivity contribution is 7.99. The molecule has 1 aliphatic heterocycles. The van der Waals surface area contributed by atoms with Gasteiger partial charge in [-0.15, -0.1) is 0 Å². The zero-order valence-corrected chi connectivity index (χ0v) is 7.68. The van der Waals surface area contributed by atoms with Crippen molar-refractivity contribution in [1.29, 1.82) is 0 Å². The van der Waals surface area contributed by atoms with Crippen molar-refractivity contribution in [2.24, 2.45) is 0 Å². The summed E-state index contributed by atoms with van der Waals surface area (Å²) in [6, 6.07) is 4.05. The van der Waals surface area contributed by atoms with Gasteiger partial charge in [-0.3, -0.25) is 0 Å². The van der Waals surface area contributed by atoms with Gasteiger partial charge in [-0.05, 0) is 24.7 Å². The van der Waals surface area contributed by atoms with Crippen LogP contribution in [-0.4, -0.2) is 10.7 Å². The molecule has 1 aromatic heterocycles. The molecule has 0 amide bonds. The minimum Gasteiger partial charge on any atom is -0.383 e. The first kappa shape index (κ1) is 7.92. The Labute approximate surface area is 76.6 Å². The molecule has 2 nitrogen and oxygen atoms in total. The molecule has 3 heteroatoms. The largest absolute Gasteiger partial charge is 0.383 e. The summed E-state index contributed by atoms with van der Waals surface area (Å²) in [6.07, 6.45) is 4.31. The summed E-state index contributed by atoms with van der Waals surface area (Å²) in [4.78, 5) is 4.09. The maximum Gasteiger partial charge on any atom is 0.127 e. The summed E-state index contributed by atoms with van der Waals surface area (Å²) in [5, 5.41) is 0.596. The molecule has 2 heterocycles. The predicted octanol–water partition coefficient (Wildman–Crippen LogP) is 2.23. The van der Waals surface area contributed by atoms with Crippen molar-refractivity contribution in [3.8, 4) is 0 Å². The first-order valence-electron chi connectivity index (χ1n) is 4.20. The summed E-state index contributed by atoms with van der Waals surface area (Å²) in [5.74, 6) is 1.97. The topological polar surface area (TPSA) is 38.9 Å². The van der Waals surface area contributed by atoms with Crippen LogP contribution >= 0.6 is 11.8 Å². The van der Waals surface area contributed by atoms with Crippen LogP contribution in [0, 0.1) is 0 Å². The average Bonchev–Trinajstić information content (AvgIpc) is 2.57. The number of thioether (sulfide) groups is 1. The number of pyridine rings is 1. The van der Waals surface area contributed by atoms with Gasteiger partial charge in [0.25, 0.3) is 0 Å². The van der Waals surface area contributed by atoms with Gasteiger partial charge in [0, 0.05) is 17.0 Å². The molecule has 1 saturated heterocycles. The van der Waals surface area contributed by atoms with Crippen LogP contribution < -0.4 is 5.73 Å². The lowest BCUT2D eigenvalue weighted by atomic mass is 10.1. The second-order valence-corrected chi connectivity index (χ2v) is 4.29. The van der Waals surface area contributed by atoms with Gasteiger partial charge in [-0.1, -0.05) is 6.07 Å². The van der Waals surface area contributed by atoms with E-state index in [1.807, 2.05) is 17.8 Å². The molecule has 2 rings (SSSR count). The number of hydrogen-bond donors (Lipinski definition) is 1. The predicted molar refractivity (Wildman–Crippen MR) is 53.1 cm³/mol. The summed E-state index contributed by atoms with van der Waals surface area (Å²) in [5.41, 5.74) is 7.00. The fourth-order valence-electron chi connectivity index (χ4n) is 1.53. The minimum atomic E-state index is 0.596. The van der Waals surface area contributed by atoms with Crippen molar-refractivity contribution in [3.05, 3.63) is 23.9 Å². The molecule has 64 valence electrons. The van der Waals surface area contributed by atoms with Crippen molar-refractivity contribution in [2.45, 2.75) is 18.1 Å². The Bertz CT molecular complexity index is 269. The van der Waals surface area contributed by atoms with Crippen molar-refractivity contribution < 1.29 is 0 Å². The molecule has 1 aliphatic rings. The maximum absolute atomic E-state index is 5.78. The highest BCUT2D eigenvalue weighted by atomic mass is 32.2. The molecule has 0 bridgehead atoms. The Morgan fingerprint density at radius 2 is 2.50 bits per heavy atom. The van der Waals surface area contributed by atoms with Crippen LogP contribution in [0.15, 0.2) is 18.3 Å². The first-order valence-corrected chi connectivity index (χ1v) is 5.25. The third kappa shape index (κ3) is 1.41. The summed E-state index contributed by atoms with van der Waals surface area (Å²) in [6.45, 7) is 0. The lowest BCUT2D eigenvalue weighted by Crippen LogP contribution is -1.98. The van der Waals surface area contributed by atoms with E-state index in [4.69, 9.17) is 5.73 Å². The van der Waals surface area contributed by atoms with Crippen molar-refractivity contribution in [3.63, 3.8) is 0 Å². The molecule has 0 spiro atoms. The van der Waals surface area contributed by atoms with Crippen molar-refractivity contribution in [2.75, 3.05) is 11.5 Å². The van der Waals surface area contributed by atoms with Gasteiger partial charge in [0.2, 0.25) is 0 Å². The second-order valence-electron chi connectivity index (χ2n) is 2.98. The van der Waals surface area contributed by atoms with Crippen molar-refractivity contribution >= 4 is 17.6 Å². The monoisotopic (exact) mass is 180 g/mol. The van der Waals surface area contributed by atoms with Crippen LogP contribution in [-0.2, 0) is 0 Å². The summed E-state index contributed by atoms with van der Waals surface area (Å²) in [7, 11) is 0. The van der Waals surface area contributed by atoms with Gasteiger partial charge in [-0.25, -0.2) is 4.98 Å². The van der Waals surface area contributed by atoms with Gasteiger partial charge < -0.3 is 5.73 Å². The number of nitrogens with two attached hydrogens (primary N) is 1. The minimum absolute atomic E-state index is 0.596. The molecule has 1 fully saturated rings. The molecule has 12 heavy (non-hydrogen) atoms. The van der Waals surface area contributed by atoms with Gasteiger partial charge >= 0.3 is 0 Å². The highest BCUT2D eigenvalue weighted by Gasteiger charge is 2.19. The van der Waals surface area contributed by atoms with E-state index < -0.39 is 0 Å². The van der Waals surface area contributed by atoms with E-state index in [9.17, 15) is 0 Å². The molecule has 0 aromatic carbocycles. The van der Waals surface area contributed by atoms with Crippen LogP contribution in [0.5, 0.6) is 0 Å². The average molecular weight is 180 g/mol. The van der Waals surface area contributed by atoms with E-state index in [1.165, 1.54) is 24.2 Å². The Morgan fingerprint density at radius 1 is 1.58 bits per heavy atom. The third-order valence-electron chi connectivity index (χ3n) is 2.15. The zero-order chi connectivity index (χ0) is 8.39. The van der Waals surface area contributed by atoms with E-state index in [2.05, 4.69) is 11.1 Å². The molecular formula is C9H12N2S. The van der Waals surface area contributed by atoms with Crippen LogP contribution in [0.2, 0.25) is 0 Å². The number of aromatic nitrogens is 1. The molecule has 1 unspecified atom stereocenters. The lowest BCUT2D eigenvalue weighted by Gasteiger charge is -2.09. The standard InChI is InChI=1S/C9H12N2S/c10-9-7(3-1-5-11-9)8-4-2-6-12-8/h1,3,5,8H,2,4,6H2,(H2,10,11). The number of nitrogens with zero attached hydrogens (tertiary/aromatic N) is 1. The molecular weight excluding hydrogens is 168 g/mol.